The lowest BCUT2D eigenvalue weighted by Gasteiger charge is -2.12. The van der Waals surface area contributed by atoms with E-state index in [1.54, 1.807) is 6.20 Å². The van der Waals surface area contributed by atoms with Gasteiger partial charge in [0.25, 0.3) is 0 Å². The van der Waals surface area contributed by atoms with Crippen molar-refractivity contribution in [2.75, 3.05) is 39.1 Å². The van der Waals surface area contributed by atoms with Crippen molar-refractivity contribution in [3.8, 4) is 5.88 Å². The van der Waals surface area contributed by atoms with E-state index in [2.05, 4.69) is 20.2 Å². The molecule has 0 aromatic carbocycles. The Balaban J connectivity index is 2.59. The van der Waals surface area contributed by atoms with Crippen molar-refractivity contribution in [2.24, 2.45) is 0 Å². The summed E-state index contributed by atoms with van der Waals surface area (Å²) in [6, 6.07) is 0. The van der Waals surface area contributed by atoms with Gasteiger partial charge in [-0.2, -0.15) is 4.98 Å². The average Bonchev–Trinajstić information content (AvgIpc) is 2.22. The predicted molar refractivity (Wildman–Crippen MR) is 65.0 cm³/mol. The lowest BCUT2D eigenvalue weighted by Crippen LogP contribution is -2.20. The van der Waals surface area contributed by atoms with Crippen LogP contribution in [0.2, 0.25) is 0 Å². The fourth-order valence-corrected chi connectivity index (χ4v) is 1.14. The second-order valence-electron chi connectivity index (χ2n) is 3.86. The van der Waals surface area contributed by atoms with Crippen LogP contribution in [0.5, 0.6) is 5.88 Å². The summed E-state index contributed by atoms with van der Waals surface area (Å²) in [6.45, 7) is 6.27. The first-order valence-corrected chi connectivity index (χ1v) is 5.48. The zero-order valence-corrected chi connectivity index (χ0v) is 10.4. The van der Waals surface area contributed by atoms with Gasteiger partial charge in [-0.05, 0) is 27.9 Å². The molecule has 16 heavy (non-hydrogen) atoms. The zero-order chi connectivity index (χ0) is 12.0. The summed E-state index contributed by atoms with van der Waals surface area (Å²) in [5, 5.41) is 3.06. The molecule has 1 heterocycles. The molecule has 0 aliphatic carbocycles. The van der Waals surface area contributed by atoms with Crippen molar-refractivity contribution >= 4 is 5.95 Å². The van der Waals surface area contributed by atoms with Gasteiger partial charge in [-0.25, -0.2) is 4.98 Å². The van der Waals surface area contributed by atoms with Crippen LogP contribution in [0, 0.1) is 6.92 Å². The smallest absolute Gasteiger partial charge is 0.225 e. The number of nitrogens with zero attached hydrogens (tertiary/aromatic N) is 3. The molecular weight excluding hydrogens is 204 g/mol. The highest BCUT2D eigenvalue weighted by atomic mass is 16.5. The molecule has 0 saturated carbocycles. The number of aryl methyl sites for hydroxylation is 1. The minimum Gasteiger partial charge on any atom is -0.476 e. The largest absolute Gasteiger partial charge is 0.476 e. The summed E-state index contributed by atoms with van der Waals surface area (Å²) >= 11 is 0. The summed E-state index contributed by atoms with van der Waals surface area (Å²) in [4.78, 5) is 10.5. The molecule has 5 nitrogen and oxygen atoms in total. The first-order chi connectivity index (χ1) is 7.63. The van der Waals surface area contributed by atoms with Gasteiger partial charge < -0.3 is 15.0 Å². The molecule has 0 spiro atoms. The van der Waals surface area contributed by atoms with Crippen molar-refractivity contribution in [3.05, 3.63) is 11.8 Å². The maximum Gasteiger partial charge on any atom is 0.225 e. The van der Waals surface area contributed by atoms with Crippen LogP contribution >= 0.6 is 0 Å². The van der Waals surface area contributed by atoms with Crippen molar-refractivity contribution in [2.45, 2.75) is 13.8 Å². The molecule has 5 heteroatoms. The van der Waals surface area contributed by atoms with E-state index in [0.29, 0.717) is 18.4 Å². The lowest BCUT2D eigenvalue weighted by atomic mass is 10.4. The summed E-state index contributed by atoms with van der Waals surface area (Å²) in [5.74, 6) is 1.28. The third-order valence-electron chi connectivity index (χ3n) is 2.04. The molecule has 0 saturated heterocycles. The highest BCUT2D eigenvalue weighted by Crippen LogP contribution is 2.14. The molecule has 0 unspecified atom stereocenters. The summed E-state index contributed by atoms with van der Waals surface area (Å²) in [6.07, 6.45) is 1.77. The Kier molecular flexibility index (Phi) is 4.98. The van der Waals surface area contributed by atoms with Crippen LogP contribution in [0.1, 0.15) is 12.5 Å². The monoisotopic (exact) mass is 224 g/mol. The number of ether oxygens (including phenoxy) is 1. The van der Waals surface area contributed by atoms with Crippen LogP contribution in [0.25, 0.3) is 0 Å². The molecule has 1 aromatic rings. The van der Waals surface area contributed by atoms with Gasteiger partial charge in [-0.15, -0.1) is 0 Å². The number of rotatable bonds is 6. The van der Waals surface area contributed by atoms with Crippen molar-refractivity contribution in [3.63, 3.8) is 0 Å². The summed E-state index contributed by atoms with van der Waals surface area (Å²) in [5.41, 5.74) is 0.959. The standard InChI is InChI=1S/C11H20N4O/c1-5-12-11-13-8-9(2)10(14-11)16-7-6-15(3)4/h8H,5-7H2,1-4H3,(H,12,13,14). The van der Waals surface area contributed by atoms with Gasteiger partial charge in [-0.1, -0.05) is 0 Å². The summed E-state index contributed by atoms with van der Waals surface area (Å²) in [7, 11) is 4.03. The molecule has 1 rings (SSSR count). The fourth-order valence-electron chi connectivity index (χ4n) is 1.14. The van der Waals surface area contributed by atoms with Crippen LogP contribution in [0.4, 0.5) is 5.95 Å². The first-order valence-electron chi connectivity index (χ1n) is 5.48. The minimum absolute atomic E-state index is 0.618. The Labute approximate surface area is 96.8 Å². The quantitative estimate of drug-likeness (QED) is 0.785. The first kappa shape index (κ1) is 12.7. The van der Waals surface area contributed by atoms with Gasteiger partial charge in [0.1, 0.15) is 6.61 Å². The molecule has 0 atom stereocenters. The van der Waals surface area contributed by atoms with E-state index in [1.807, 2.05) is 27.9 Å². The zero-order valence-electron chi connectivity index (χ0n) is 10.4. The Hall–Kier alpha value is -1.36. The second-order valence-corrected chi connectivity index (χ2v) is 3.86. The van der Waals surface area contributed by atoms with E-state index in [0.717, 1.165) is 18.7 Å². The van der Waals surface area contributed by atoms with Gasteiger partial charge in [-0.3, -0.25) is 0 Å². The number of nitrogens with one attached hydrogen (secondary N) is 1. The van der Waals surface area contributed by atoms with E-state index in [1.165, 1.54) is 0 Å². The number of hydrogen-bond acceptors (Lipinski definition) is 5. The Morgan fingerprint density at radius 1 is 1.44 bits per heavy atom. The van der Waals surface area contributed by atoms with Crippen LogP contribution < -0.4 is 10.1 Å². The average molecular weight is 224 g/mol. The third-order valence-corrected chi connectivity index (χ3v) is 2.04. The van der Waals surface area contributed by atoms with Crippen LogP contribution in [0.15, 0.2) is 6.20 Å². The van der Waals surface area contributed by atoms with Crippen LogP contribution in [-0.2, 0) is 0 Å². The second kappa shape index (κ2) is 6.27. The number of hydrogen-bond donors (Lipinski definition) is 1. The molecule has 0 aliphatic heterocycles. The van der Waals surface area contributed by atoms with Crippen molar-refractivity contribution in [1.29, 1.82) is 0 Å². The minimum atomic E-state index is 0.618. The van der Waals surface area contributed by atoms with Crippen LogP contribution in [-0.4, -0.2) is 48.7 Å². The molecule has 1 aromatic heterocycles. The topological polar surface area (TPSA) is 50.3 Å². The highest BCUT2D eigenvalue weighted by molar-refractivity contribution is 5.32. The van der Waals surface area contributed by atoms with Gasteiger partial charge in [0.2, 0.25) is 11.8 Å². The van der Waals surface area contributed by atoms with E-state index in [4.69, 9.17) is 4.74 Å². The SMILES string of the molecule is CCNc1ncc(C)c(OCCN(C)C)n1. The van der Waals surface area contributed by atoms with Crippen LogP contribution in [0.3, 0.4) is 0 Å². The van der Waals surface area contributed by atoms with Crippen molar-refractivity contribution < 1.29 is 4.74 Å². The third kappa shape index (κ3) is 4.02. The van der Waals surface area contributed by atoms with Gasteiger partial charge in [0.05, 0.1) is 0 Å². The van der Waals surface area contributed by atoms with Crippen molar-refractivity contribution in [1.82, 2.24) is 14.9 Å². The Bertz CT molecular complexity index is 328. The molecule has 0 aliphatic rings. The van der Waals surface area contributed by atoms with Gasteiger partial charge in [0.15, 0.2) is 0 Å². The molecule has 0 amide bonds. The number of anilines is 1. The predicted octanol–water partition coefficient (Wildman–Crippen LogP) is 1.16. The molecule has 0 bridgehead atoms. The van der Waals surface area contributed by atoms with E-state index in [-0.39, 0.29) is 0 Å². The maximum absolute atomic E-state index is 5.60. The highest BCUT2D eigenvalue weighted by Gasteiger charge is 2.04. The molecular formula is C11H20N4O. The molecule has 0 fully saturated rings. The number of aromatic nitrogens is 2. The summed E-state index contributed by atoms with van der Waals surface area (Å²) < 4.78 is 5.60. The molecule has 0 radical (unpaired) electrons. The molecule has 90 valence electrons. The maximum atomic E-state index is 5.60. The van der Waals surface area contributed by atoms with Gasteiger partial charge in [0, 0.05) is 24.8 Å². The van der Waals surface area contributed by atoms with E-state index < -0.39 is 0 Å². The Morgan fingerprint density at radius 2 is 2.19 bits per heavy atom. The van der Waals surface area contributed by atoms with Gasteiger partial charge >= 0.3 is 0 Å². The normalized spacial score (nSPS) is 10.6. The Morgan fingerprint density at radius 3 is 2.81 bits per heavy atom. The number of likely N-dealkylation sites (N-methyl/N-ethyl adjacent to an activating group) is 1. The van der Waals surface area contributed by atoms with E-state index >= 15 is 0 Å². The molecule has 1 N–H and O–H groups in total. The fraction of sp³-hybridized carbons (Fsp3) is 0.636. The van der Waals surface area contributed by atoms with E-state index in [9.17, 15) is 0 Å². The lowest BCUT2D eigenvalue weighted by molar-refractivity contribution is 0.252.